The highest BCUT2D eigenvalue weighted by Gasteiger charge is 2.19. The molecule has 0 radical (unpaired) electrons. The third-order valence-corrected chi connectivity index (χ3v) is 3.13. The zero-order valence-electron chi connectivity index (χ0n) is 9.80. The van der Waals surface area contributed by atoms with Crippen LogP contribution in [0, 0.1) is 10.1 Å². The molecule has 0 unspecified atom stereocenters. The number of nitro groups is 1. The third-order valence-electron chi connectivity index (χ3n) is 2.55. The first-order valence-electron chi connectivity index (χ1n) is 5.29. The Hall–Kier alpha value is -1.86. The van der Waals surface area contributed by atoms with Crippen LogP contribution in [0.15, 0.2) is 12.1 Å². The van der Waals surface area contributed by atoms with Gasteiger partial charge in [0.15, 0.2) is 5.82 Å². The number of hydrogen-bond donors (Lipinski definition) is 1. The fourth-order valence-electron chi connectivity index (χ4n) is 1.68. The monoisotopic (exact) mass is 301 g/mol. The summed E-state index contributed by atoms with van der Waals surface area (Å²) in [5.74, 6) is 0.271. The molecule has 0 aliphatic carbocycles. The number of nitrogens with two attached hydrogens (primary N) is 1. The highest BCUT2D eigenvalue weighted by atomic mass is 35.5. The number of nitrogen functional groups attached to an aromatic ring is 1. The van der Waals surface area contributed by atoms with E-state index in [9.17, 15) is 10.1 Å². The summed E-state index contributed by atoms with van der Waals surface area (Å²) in [6.07, 6.45) is 0.572. The molecule has 19 heavy (non-hydrogen) atoms. The van der Waals surface area contributed by atoms with Gasteiger partial charge in [-0.15, -0.1) is 5.10 Å². The predicted molar refractivity (Wildman–Crippen MR) is 71.8 cm³/mol. The van der Waals surface area contributed by atoms with Gasteiger partial charge in [0.05, 0.1) is 20.7 Å². The minimum Gasteiger partial charge on any atom is -0.381 e. The summed E-state index contributed by atoms with van der Waals surface area (Å²) in [5, 5.41) is 18.5. The van der Waals surface area contributed by atoms with Crippen molar-refractivity contribution >= 4 is 34.7 Å². The lowest BCUT2D eigenvalue weighted by atomic mass is 10.2. The van der Waals surface area contributed by atoms with Crippen molar-refractivity contribution in [3.63, 3.8) is 0 Å². The van der Waals surface area contributed by atoms with Crippen molar-refractivity contribution in [2.75, 3.05) is 5.73 Å². The average Bonchev–Trinajstić information content (AvgIpc) is 2.69. The molecular weight excluding hydrogens is 293 g/mol. The smallest absolute Gasteiger partial charge is 0.272 e. The van der Waals surface area contributed by atoms with Gasteiger partial charge in [0.25, 0.3) is 5.69 Å². The Morgan fingerprint density at radius 3 is 2.47 bits per heavy atom. The van der Waals surface area contributed by atoms with E-state index in [4.69, 9.17) is 28.9 Å². The summed E-state index contributed by atoms with van der Waals surface area (Å²) in [4.78, 5) is 10.1. The van der Waals surface area contributed by atoms with Crippen LogP contribution >= 0.6 is 23.2 Å². The first-order chi connectivity index (χ1) is 8.95. The van der Waals surface area contributed by atoms with Gasteiger partial charge in [-0.25, -0.2) is 4.68 Å². The van der Waals surface area contributed by atoms with Gasteiger partial charge in [0.1, 0.15) is 5.69 Å². The first-order valence-corrected chi connectivity index (χ1v) is 6.05. The Bertz CT molecular complexity index is 632. The van der Waals surface area contributed by atoms with E-state index < -0.39 is 4.92 Å². The molecule has 0 aliphatic heterocycles. The van der Waals surface area contributed by atoms with Gasteiger partial charge in [-0.1, -0.05) is 35.3 Å². The Kier molecular flexibility index (Phi) is 3.59. The molecule has 0 fully saturated rings. The van der Waals surface area contributed by atoms with E-state index in [1.165, 1.54) is 16.8 Å². The molecule has 0 amide bonds. The molecule has 1 heterocycles. The second kappa shape index (κ2) is 5.02. The number of hydrogen-bond acceptors (Lipinski definition) is 5. The van der Waals surface area contributed by atoms with Gasteiger partial charge in [0, 0.05) is 12.1 Å². The number of halogens is 2. The zero-order chi connectivity index (χ0) is 14.2. The topological polar surface area (TPSA) is 99.9 Å². The minimum atomic E-state index is -0.571. The van der Waals surface area contributed by atoms with Crippen molar-refractivity contribution in [3.05, 3.63) is 38.0 Å². The lowest BCUT2D eigenvalue weighted by Crippen LogP contribution is -2.05. The summed E-state index contributed by atoms with van der Waals surface area (Å²) < 4.78 is 1.39. The van der Waals surface area contributed by atoms with Crippen LogP contribution in [-0.2, 0) is 6.42 Å². The fourth-order valence-corrected chi connectivity index (χ4v) is 2.32. The van der Waals surface area contributed by atoms with E-state index in [0.29, 0.717) is 17.8 Å². The van der Waals surface area contributed by atoms with E-state index in [-0.39, 0.29) is 21.6 Å². The molecule has 2 N–H and O–H groups in total. The molecule has 9 heteroatoms. The Morgan fingerprint density at radius 2 is 2.00 bits per heavy atom. The van der Waals surface area contributed by atoms with Crippen LogP contribution in [0.2, 0.25) is 10.0 Å². The molecule has 0 bridgehead atoms. The largest absolute Gasteiger partial charge is 0.381 e. The van der Waals surface area contributed by atoms with Gasteiger partial charge in [-0.2, -0.15) is 0 Å². The van der Waals surface area contributed by atoms with E-state index in [1.54, 1.807) is 0 Å². The zero-order valence-corrected chi connectivity index (χ0v) is 11.3. The Labute approximate surface area is 118 Å². The van der Waals surface area contributed by atoms with E-state index in [1.807, 2.05) is 6.92 Å². The van der Waals surface area contributed by atoms with E-state index >= 15 is 0 Å². The number of rotatable bonds is 3. The molecule has 2 rings (SSSR count). The molecule has 1 aromatic heterocycles. The standard InChI is InChI=1S/C10H9Cl2N5O2/c1-2-8-10(13)14-15-16(8)9-6(11)3-5(17(18)19)4-7(9)12/h3-4H,2,13H2,1H3. The van der Waals surface area contributed by atoms with Crippen LogP contribution in [0.3, 0.4) is 0 Å². The van der Waals surface area contributed by atoms with Crippen molar-refractivity contribution in [1.82, 2.24) is 15.0 Å². The molecule has 0 saturated heterocycles. The van der Waals surface area contributed by atoms with Crippen molar-refractivity contribution < 1.29 is 4.92 Å². The van der Waals surface area contributed by atoms with Gasteiger partial charge < -0.3 is 5.73 Å². The molecule has 100 valence electrons. The second-order valence-corrected chi connectivity index (χ2v) is 4.52. The number of nitro benzene ring substituents is 1. The lowest BCUT2D eigenvalue weighted by Gasteiger charge is -2.09. The Balaban J connectivity index is 2.66. The van der Waals surface area contributed by atoms with E-state index in [2.05, 4.69) is 10.3 Å². The molecule has 0 spiro atoms. The van der Waals surface area contributed by atoms with Crippen LogP contribution in [0.4, 0.5) is 11.5 Å². The van der Waals surface area contributed by atoms with Gasteiger partial charge >= 0.3 is 0 Å². The molecule has 0 atom stereocenters. The molecule has 0 saturated carbocycles. The molecule has 7 nitrogen and oxygen atoms in total. The summed E-state index contributed by atoms with van der Waals surface area (Å²) in [5.41, 5.74) is 6.45. The number of nitrogens with zero attached hydrogens (tertiary/aromatic N) is 4. The SMILES string of the molecule is CCc1c(N)nnn1-c1c(Cl)cc([N+](=O)[O-])cc1Cl. The molecule has 2 aromatic rings. The highest BCUT2D eigenvalue weighted by molar-refractivity contribution is 6.38. The number of benzene rings is 1. The second-order valence-electron chi connectivity index (χ2n) is 3.70. The van der Waals surface area contributed by atoms with Crippen molar-refractivity contribution in [2.24, 2.45) is 0 Å². The minimum absolute atomic E-state index is 0.110. The maximum absolute atomic E-state index is 10.7. The van der Waals surface area contributed by atoms with Gasteiger partial charge in [-0.05, 0) is 6.42 Å². The maximum Gasteiger partial charge on any atom is 0.272 e. The average molecular weight is 302 g/mol. The van der Waals surface area contributed by atoms with Crippen LogP contribution in [0.1, 0.15) is 12.6 Å². The quantitative estimate of drug-likeness (QED) is 0.694. The van der Waals surface area contributed by atoms with Crippen LogP contribution < -0.4 is 5.73 Å². The van der Waals surface area contributed by atoms with Crippen molar-refractivity contribution in [1.29, 1.82) is 0 Å². The maximum atomic E-state index is 10.7. The summed E-state index contributed by atoms with van der Waals surface area (Å²) in [6.45, 7) is 1.87. The van der Waals surface area contributed by atoms with Gasteiger partial charge in [0.2, 0.25) is 0 Å². The summed E-state index contributed by atoms with van der Waals surface area (Å²) >= 11 is 12.1. The number of anilines is 1. The lowest BCUT2D eigenvalue weighted by molar-refractivity contribution is -0.384. The van der Waals surface area contributed by atoms with Crippen LogP contribution in [-0.4, -0.2) is 19.9 Å². The molecule has 1 aromatic carbocycles. The molecular formula is C10H9Cl2N5O2. The number of aromatic nitrogens is 3. The third kappa shape index (κ3) is 2.34. The van der Waals surface area contributed by atoms with Crippen LogP contribution in [0.5, 0.6) is 0 Å². The Morgan fingerprint density at radius 1 is 1.42 bits per heavy atom. The first kappa shape index (κ1) is 13.6. The highest BCUT2D eigenvalue weighted by Crippen LogP contribution is 2.34. The number of non-ortho nitro benzene ring substituents is 1. The van der Waals surface area contributed by atoms with Crippen molar-refractivity contribution in [2.45, 2.75) is 13.3 Å². The van der Waals surface area contributed by atoms with Crippen molar-refractivity contribution in [3.8, 4) is 5.69 Å². The van der Waals surface area contributed by atoms with Gasteiger partial charge in [-0.3, -0.25) is 10.1 Å². The summed E-state index contributed by atoms with van der Waals surface area (Å²) in [7, 11) is 0. The molecule has 0 aliphatic rings. The normalized spacial score (nSPS) is 10.7. The van der Waals surface area contributed by atoms with E-state index in [0.717, 1.165) is 0 Å². The fraction of sp³-hybridized carbons (Fsp3) is 0.200. The summed E-state index contributed by atoms with van der Waals surface area (Å²) in [6, 6.07) is 2.42. The van der Waals surface area contributed by atoms with Crippen LogP contribution in [0.25, 0.3) is 5.69 Å². The predicted octanol–water partition coefficient (Wildman–Crippen LogP) is 2.63.